The van der Waals surface area contributed by atoms with E-state index in [-0.39, 0.29) is 19.8 Å². The molecule has 0 unspecified atom stereocenters. The number of carbonyl (C=O) groups is 2. The molecule has 0 saturated carbocycles. The molecule has 5 heteroatoms. The highest BCUT2D eigenvalue weighted by atomic mass is 16.6. The van der Waals surface area contributed by atoms with Crippen molar-refractivity contribution in [1.29, 1.82) is 0 Å². The molecule has 5 nitrogen and oxygen atoms in total. The van der Waals surface area contributed by atoms with Crippen LogP contribution in [0.25, 0.3) is 0 Å². The Kier molecular flexibility index (Phi) is 5.70. The minimum Gasteiger partial charge on any atom is -0.459 e. The van der Waals surface area contributed by atoms with Gasteiger partial charge in [-0.05, 0) is 12.5 Å². The summed E-state index contributed by atoms with van der Waals surface area (Å²) in [7, 11) is 1.49. The van der Waals surface area contributed by atoms with Crippen molar-refractivity contribution in [2.24, 2.45) is 0 Å². The number of ether oxygens (including phenoxy) is 2. The van der Waals surface area contributed by atoms with Crippen LogP contribution in [-0.2, 0) is 20.9 Å². The third-order valence-electron chi connectivity index (χ3n) is 2.19. The van der Waals surface area contributed by atoms with Crippen LogP contribution in [-0.4, -0.2) is 37.2 Å². The molecule has 1 aromatic rings. The van der Waals surface area contributed by atoms with Gasteiger partial charge in [0.2, 0.25) is 0 Å². The maximum absolute atomic E-state index is 11.5. The Morgan fingerprint density at radius 1 is 1.17 bits per heavy atom. The molecule has 0 fully saturated rings. The van der Waals surface area contributed by atoms with Gasteiger partial charge in [0.25, 0.3) is 0 Å². The second-order valence-corrected chi connectivity index (χ2v) is 3.70. The molecule has 0 heterocycles. The van der Waals surface area contributed by atoms with Crippen molar-refractivity contribution in [1.82, 2.24) is 4.90 Å². The van der Waals surface area contributed by atoms with Gasteiger partial charge in [-0.1, -0.05) is 30.3 Å². The Morgan fingerprint density at radius 2 is 1.83 bits per heavy atom. The van der Waals surface area contributed by atoms with E-state index < -0.39 is 12.1 Å². The molecule has 0 spiro atoms. The van der Waals surface area contributed by atoms with Gasteiger partial charge in [0, 0.05) is 7.05 Å². The van der Waals surface area contributed by atoms with E-state index in [2.05, 4.69) is 0 Å². The first-order valence-electron chi connectivity index (χ1n) is 5.71. The normalized spacial score (nSPS) is 9.67. The monoisotopic (exact) mass is 251 g/mol. The number of carbonyl (C=O) groups excluding carboxylic acids is 2. The van der Waals surface area contributed by atoms with Gasteiger partial charge >= 0.3 is 12.1 Å². The van der Waals surface area contributed by atoms with E-state index in [1.165, 1.54) is 11.9 Å². The average Bonchev–Trinajstić information content (AvgIpc) is 2.38. The maximum atomic E-state index is 11.5. The van der Waals surface area contributed by atoms with Crippen molar-refractivity contribution in [2.75, 3.05) is 20.2 Å². The third-order valence-corrected chi connectivity index (χ3v) is 2.19. The summed E-state index contributed by atoms with van der Waals surface area (Å²) in [4.78, 5) is 23.9. The molecule has 98 valence electrons. The van der Waals surface area contributed by atoms with Crippen LogP contribution in [0.5, 0.6) is 0 Å². The number of rotatable bonds is 5. The molecule has 0 aliphatic carbocycles. The summed E-state index contributed by atoms with van der Waals surface area (Å²) in [6.45, 7) is 2.07. The molecule has 0 atom stereocenters. The predicted molar refractivity (Wildman–Crippen MR) is 65.9 cm³/mol. The summed E-state index contributed by atoms with van der Waals surface area (Å²) in [5, 5.41) is 0. The molecule has 18 heavy (non-hydrogen) atoms. The zero-order valence-electron chi connectivity index (χ0n) is 10.6. The molecular weight excluding hydrogens is 234 g/mol. The lowest BCUT2D eigenvalue weighted by molar-refractivity contribution is -0.145. The first-order valence-corrected chi connectivity index (χ1v) is 5.71. The van der Waals surface area contributed by atoms with E-state index in [1.807, 2.05) is 30.3 Å². The van der Waals surface area contributed by atoms with E-state index in [0.717, 1.165) is 5.56 Å². The Labute approximate surface area is 106 Å². The summed E-state index contributed by atoms with van der Waals surface area (Å²) >= 11 is 0. The lowest BCUT2D eigenvalue weighted by Gasteiger charge is -2.15. The van der Waals surface area contributed by atoms with Crippen molar-refractivity contribution in [3.8, 4) is 0 Å². The summed E-state index contributed by atoms with van der Waals surface area (Å²) < 4.78 is 9.79. The minimum absolute atomic E-state index is 0.119. The molecule has 0 bridgehead atoms. The maximum Gasteiger partial charge on any atom is 0.410 e. The van der Waals surface area contributed by atoms with Crippen LogP contribution in [0.1, 0.15) is 12.5 Å². The molecule has 0 aliphatic heterocycles. The Balaban J connectivity index is 2.31. The standard InChI is InChI=1S/C13H17NO4/c1-3-17-13(16)14(2)9-12(15)18-10-11-7-5-4-6-8-11/h4-8H,3,9-10H2,1-2H3. The van der Waals surface area contributed by atoms with Gasteiger partial charge in [0.05, 0.1) is 6.61 Å². The predicted octanol–water partition coefficient (Wildman–Crippen LogP) is 1.82. The minimum atomic E-state index is -0.533. The molecule has 1 aromatic carbocycles. The van der Waals surface area contributed by atoms with Gasteiger partial charge in [-0.3, -0.25) is 4.79 Å². The van der Waals surface area contributed by atoms with Crippen LogP contribution < -0.4 is 0 Å². The van der Waals surface area contributed by atoms with Gasteiger partial charge in [-0.15, -0.1) is 0 Å². The smallest absolute Gasteiger partial charge is 0.410 e. The van der Waals surface area contributed by atoms with Gasteiger partial charge in [0.15, 0.2) is 0 Å². The molecule has 0 N–H and O–H groups in total. The molecule has 0 saturated heterocycles. The van der Waals surface area contributed by atoms with E-state index in [4.69, 9.17) is 9.47 Å². The molecule has 1 rings (SSSR count). The zero-order valence-corrected chi connectivity index (χ0v) is 10.6. The second-order valence-electron chi connectivity index (χ2n) is 3.70. The summed E-state index contributed by atoms with van der Waals surface area (Å²) in [6, 6.07) is 9.35. The van der Waals surface area contributed by atoms with Crippen LogP contribution in [0.3, 0.4) is 0 Å². The fourth-order valence-corrected chi connectivity index (χ4v) is 1.28. The highest BCUT2D eigenvalue weighted by molar-refractivity contribution is 5.77. The lowest BCUT2D eigenvalue weighted by Crippen LogP contribution is -2.33. The van der Waals surface area contributed by atoms with Crippen LogP contribution in [0.2, 0.25) is 0 Å². The number of amides is 1. The van der Waals surface area contributed by atoms with Crippen LogP contribution in [0.4, 0.5) is 4.79 Å². The van der Waals surface area contributed by atoms with Crippen LogP contribution in [0, 0.1) is 0 Å². The SMILES string of the molecule is CCOC(=O)N(C)CC(=O)OCc1ccccc1. The van der Waals surface area contributed by atoms with Crippen molar-refractivity contribution < 1.29 is 19.1 Å². The van der Waals surface area contributed by atoms with E-state index in [9.17, 15) is 9.59 Å². The van der Waals surface area contributed by atoms with Gasteiger partial charge in [0.1, 0.15) is 13.2 Å². The summed E-state index contributed by atoms with van der Waals surface area (Å²) in [5.74, 6) is -0.464. The Bertz CT molecular complexity index is 391. The number of esters is 1. The number of likely N-dealkylation sites (N-methyl/N-ethyl adjacent to an activating group) is 1. The number of hydrogen-bond donors (Lipinski definition) is 0. The highest BCUT2D eigenvalue weighted by Gasteiger charge is 2.14. The van der Waals surface area contributed by atoms with Crippen molar-refractivity contribution >= 4 is 12.1 Å². The van der Waals surface area contributed by atoms with E-state index in [1.54, 1.807) is 6.92 Å². The van der Waals surface area contributed by atoms with Gasteiger partial charge in [-0.2, -0.15) is 0 Å². The first kappa shape index (κ1) is 14.0. The van der Waals surface area contributed by atoms with Gasteiger partial charge < -0.3 is 14.4 Å². The molecule has 1 amide bonds. The second kappa shape index (κ2) is 7.32. The number of benzene rings is 1. The summed E-state index contributed by atoms with van der Waals surface area (Å²) in [6.07, 6.45) is -0.533. The quantitative estimate of drug-likeness (QED) is 0.749. The van der Waals surface area contributed by atoms with Crippen molar-refractivity contribution in [3.63, 3.8) is 0 Å². The van der Waals surface area contributed by atoms with Crippen LogP contribution >= 0.6 is 0 Å². The van der Waals surface area contributed by atoms with Crippen molar-refractivity contribution in [2.45, 2.75) is 13.5 Å². The van der Waals surface area contributed by atoms with Crippen molar-refractivity contribution in [3.05, 3.63) is 35.9 Å². The Morgan fingerprint density at radius 3 is 2.44 bits per heavy atom. The topological polar surface area (TPSA) is 55.8 Å². The molecule has 0 radical (unpaired) electrons. The highest BCUT2D eigenvalue weighted by Crippen LogP contribution is 2.01. The zero-order chi connectivity index (χ0) is 13.4. The first-order chi connectivity index (χ1) is 8.63. The summed E-state index contributed by atoms with van der Waals surface area (Å²) in [5.41, 5.74) is 0.907. The fourth-order valence-electron chi connectivity index (χ4n) is 1.28. The Hall–Kier alpha value is -2.04. The molecule has 0 aromatic heterocycles. The lowest BCUT2D eigenvalue weighted by atomic mass is 10.2. The third kappa shape index (κ3) is 4.86. The fraction of sp³-hybridized carbons (Fsp3) is 0.385. The van der Waals surface area contributed by atoms with E-state index >= 15 is 0 Å². The van der Waals surface area contributed by atoms with Gasteiger partial charge in [-0.25, -0.2) is 4.79 Å². The molecular formula is C13H17NO4. The number of nitrogens with zero attached hydrogens (tertiary/aromatic N) is 1. The van der Waals surface area contributed by atoms with Crippen LogP contribution in [0.15, 0.2) is 30.3 Å². The van der Waals surface area contributed by atoms with E-state index in [0.29, 0.717) is 0 Å². The number of hydrogen-bond acceptors (Lipinski definition) is 4. The largest absolute Gasteiger partial charge is 0.459 e. The average molecular weight is 251 g/mol. The molecule has 0 aliphatic rings.